The van der Waals surface area contributed by atoms with E-state index in [-0.39, 0.29) is 30.5 Å². The molecule has 0 saturated carbocycles. The fourth-order valence-corrected chi connectivity index (χ4v) is 6.21. The van der Waals surface area contributed by atoms with Crippen molar-refractivity contribution in [3.05, 3.63) is 107 Å². The molecule has 15 heteroatoms. The maximum absolute atomic E-state index is 13.3. The van der Waals surface area contributed by atoms with Crippen LogP contribution in [0.4, 0.5) is 5.69 Å². The fourth-order valence-electron chi connectivity index (χ4n) is 6.21. The number of carbonyl (C=O) groups is 5. The summed E-state index contributed by atoms with van der Waals surface area (Å²) in [7, 11) is 0. The van der Waals surface area contributed by atoms with Gasteiger partial charge in [0.05, 0.1) is 30.5 Å². The number of hydroxylamine groups is 1. The van der Waals surface area contributed by atoms with E-state index in [1.54, 1.807) is 46.7 Å². The number of nitrogens with zero attached hydrogens (tertiary/aromatic N) is 5. The predicted octanol–water partition coefficient (Wildman–Crippen LogP) is 2.88. The van der Waals surface area contributed by atoms with Gasteiger partial charge in [0.2, 0.25) is 11.8 Å². The normalized spacial score (nSPS) is 15.7. The summed E-state index contributed by atoms with van der Waals surface area (Å²) in [5.41, 5.74) is 5.42. The van der Waals surface area contributed by atoms with E-state index in [4.69, 9.17) is 9.94 Å². The largest absolute Gasteiger partial charge is 0.494 e. The van der Waals surface area contributed by atoms with Crippen LogP contribution in [0.15, 0.2) is 79.1 Å². The van der Waals surface area contributed by atoms with Crippen molar-refractivity contribution in [3.8, 4) is 5.75 Å². The van der Waals surface area contributed by atoms with Crippen molar-refractivity contribution >= 4 is 46.1 Å². The van der Waals surface area contributed by atoms with Crippen molar-refractivity contribution in [2.75, 3.05) is 11.9 Å². The van der Waals surface area contributed by atoms with Crippen LogP contribution in [0.1, 0.15) is 61.6 Å². The molecule has 3 aromatic carbocycles. The fraction of sp³-hybridized carbons (Fsp3) is 0.229. The lowest BCUT2D eigenvalue weighted by atomic mass is 10.0. The molecule has 0 radical (unpaired) electrons. The van der Waals surface area contributed by atoms with Crippen LogP contribution in [0.3, 0.4) is 0 Å². The molecule has 1 atom stereocenters. The summed E-state index contributed by atoms with van der Waals surface area (Å²) in [6, 6.07) is 18.9. The van der Waals surface area contributed by atoms with Crippen molar-refractivity contribution in [3.63, 3.8) is 0 Å². The van der Waals surface area contributed by atoms with Gasteiger partial charge in [-0.1, -0.05) is 29.5 Å². The lowest BCUT2D eigenvalue weighted by Gasteiger charge is -2.27. The van der Waals surface area contributed by atoms with Gasteiger partial charge in [-0.25, -0.2) is 5.48 Å². The van der Waals surface area contributed by atoms with Crippen LogP contribution < -0.4 is 20.9 Å². The second-order valence-corrected chi connectivity index (χ2v) is 12.0. The van der Waals surface area contributed by atoms with E-state index >= 15 is 0 Å². The Kier molecular flexibility index (Phi) is 8.79. The molecule has 1 fully saturated rings. The maximum Gasteiger partial charge on any atom is 0.274 e. The molecule has 2 aliphatic heterocycles. The number of anilines is 1. The SMILES string of the molecule is O=C1CCC(N2C(=O)c3cccc(NCc4cn(CCCOc5ccc(Cn6ccc7ccc(C(=O)NO)cc76)cc5)nn4)c3C2=O)C(=O)N1. The van der Waals surface area contributed by atoms with Gasteiger partial charge < -0.3 is 14.6 Å². The first-order valence-electron chi connectivity index (χ1n) is 16.0. The summed E-state index contributed by atoms with van der Waals surface area (Å²) < 4.78 is 9.66. The highest BCUT2D eigenvalue weighted by atomic mass is 16.5. The van der Waals surface area contributed by atoms with Gasteiger partial charge in [-0.3, -0.25) is 44.1 Å². The van der Waals surface area contributed by atoms with Gasteiger partial charge in [-0.2, -0.15) is 0 Å². The number of ether oxygens (including phenoxy) is 1. The number of hydrogen-bond donors (Lipinski definition) is 4. The van der Waals surface area contributed by atoms with Crippen LogP contribution in [-0.4, -0.2) is 71.9 Å². The summed E-state index contributed by atoms with van der Waals surface area (Å²) in [6.07, 6.45) is 4.56. The zero-order valence-electron chi connectivity index (χ0n) is 26.7. The molecule has 254 valence electrons. The average molecular weight is 677 g/mol. The number of rotatable bonds is 12. The molecule has 7 rings (SSSR count). The van der Waals surface area contributed by atoms with E-state index in [2.05, 4.69) is 20.9 Å². The lowest BCUT2D eigenvalue weighted by molar-refractivity contribution is -0.136. The number of benzene rings is 3. The summed E-state index contributed by atoms with van der Waals surface area (Å²) in [5, 5.41) is 23.7. The smallest absolute Gasteiger partial charge is 0.274 e. The van der Waals surface area contributed by atoms with Crippen LogP contribution in [0.5, 0.6) is 5.75 Å². The van der Waals surface area contributed by atoms with Gasteiger partial charge in [-0.05, 0) is 59.8 Å². The summed E-state index contributed by atoms with van der Waals surface area (Å²) in [6.45, 7) is 1.87. The molecule has 2 aromatic heterocycles. The van der Waals surface area contributed by atoms with E-state index in [1.165, 1.54) is 0 Å². The molecule has 1 unspecified atom stereocenters. The first-order chi connectivity index (χ1) is 24.3. The Hall–Kier alpha value is -6.35. The zero-order chi connectivity index (χ0) is 34.8. The van der Waals surface area contributed by atoms with Gasteiger partial charge in [0, 0.05) is 48.9 Å². The Bertz CT molecular complexity index is 2140. The van der Waals surface area contributed by atoms with Crippen LogP contribution in [0.2, 0.25) is 0 Å². The number of nitrogens with one attached hydrogen (secondary N) is 3. The second kappa shape index (κ2) is 13.6. The van der Waals surface area contributed by atoms with E-state index in [1.807, 2.05) is 47.2 Å². The highest BCUT2D eigenvalue weighted by Crippen LogP contribution is 2.32. The molecular formula is C35H32N8O7. The Morgan fingerprint density at radius 2 is 1.86 bits per heavy atom. The molecule has 0 aliphatic carbocycles. The van der Waals surface area contributed by atoms with E-state index < -0.39 is 35.6 Å². The Balaban J connectivity index is 0.889. The first kappa shape index (κ1) is 32.2. The van der Waals surface area contributed by atoms with Crippen molar-refractivity contribution in [1.82, 2.24) is 35.3 Å². The zero-order valence-corrected chi connectivity index (χ0v) is 26.7. The Morgan fingerprint density at radius 3 is 2.66 bits per heavy atom. The molecule has 2 aliphatic rings. The standard InChI is InChI=1S/C35H32N8O7/c44-30-12-11-28(33(46)37-30)43-34(47)26-3-1-4-27(31(26)35(43)48)36-18-24-20-42(40-38-24)14-2-16-50-25-9-5-21(6-10-25)19-41-15-13-22-7-8-23(17-29(22)41)32(45)39-49/h1,3-10,13,15,17,20,28,36,49H,2,11-12,14,16,18-19H2,(H,39,45)(H,37,44,46). The molecule has 5 aromatic rings. The van der Waals surface area contributed by atoms with E-state index in [9.17, 15) is 24.0 Å². The van der Waals surface area contributed by atoms with Crippen molar-refractivity contribution in [1.29, 1.82) is 0 Å². The highest BCUT2D eigenvalue weighted by Gasteiger charge is 2.45. The van der Waals surface area contributed by atoms with Crippen molar-refractivity contribution in [2.45, 2.75) is 44.9 Å². The van der Waals surface area contributed by atoms with Crippen LogP contribution in [0.25, 0.3) is 10.9 Å². The summed E-state index contributed by atoms with van der Waals surface area (Å²) >= 11 is 0. The minimum atomic E-state index is -1.03. The monoisotopic (exact) mass is 676 g/mol. The number of hydrogen-bond acceptors (Lipinski definition) is 10. The molecule has 1 saturated heterocycles. The minimum absolute atomic E-state index is 0.0522. The molecule has 15 nitrogen and oxygen atoms in total. The lowest BCUT2D eigenvalue weighted by Crippen LogP contribution is -2.54. The molecular weight excluding hydrogens is 644 g/mol. The van der Waals surface area contributed by atoms with Gasteiger partial charge in [0.15, 0.2) is 0 Å². The third-order valence-electron chi connectivity index (χ3n) is 8.73. The number of piperidine rings is 1. The van der Waals surface area contributed by atoms with Crippen LogP contribution >= 0.6 is 0 Å². The van der Waals surface area contributed by atoms with Gasteiger partial charge in [0.25, 0.3) is 17.7 Å². The highest BCUT2D eigenvalue weighted by molar-refractivity contribution is 6.25. The third-order valence-corrected chi connectivity index (χ3v) is 8.73. The molecule has 4 heterocycles. The maximum atomic E-state index is 13.3. The summed E-state index contributed by atoms with van der Waals surface area (Å²) in [5.74, 6) is -2.06. The number of imide groups is 2. The Labute approximate surface area is 284 Å². The third kappa shape index (κ3) is 6.41. The quantitative estimate of drug-likeness (QED) is 0.0662. The molecule has 4 N–H and O–H groups in total. The summed E-state index contributed by atoms with van der Waals surface area (Å²) in [4.78, 5) is 63.1. The average Bonchev–Trinajstić information content (AvgIpc) is 3.82. The van der Waals surface area contributed by atoms with Gasteiger partial charge in [-0.15, -0.1) is 5.10 Å². The first-order valence-corrected chi connectivity index (χ1v) is 16.0. The van der Waals surface area contributed by atoms with E-state index in [0.29, 0.717) is 43.1 Å². The number of carbonyl (C=O) groups excluding carboxylic acids is 5. The van der Waals surface area contributed by atoms with Crippen LogP contribution in [0, 0.1) is 0 Å². The number of amides is 5. The van der Waals surface area contributed by atoms with Gasteiger partial charge in [0.1, 0.15) is 17.5 Å². The molecule has 0 spiro atoms. The predicted molar refractivity (Wildman–Crippen MR) is 177 cm³/mol. The molecule has 50 heavy (non-hydrogen) atoms. The topological polar surface area (TPSA) is 190 Å². The second-order valence-electron chi connectivity index (χ2n) is 12.0. The van der Waals surface area contributed by atoms with Crippen molar-refractivity contribution < 1.29 is 33.9 Å². The number of fused-ring (bicyclic) bond motifs is 2. The van der Waals surface area contributed by atoms with Crippen molar-refractivity contribution in [2.24, 2.45) is 0 Å². The molecule has 5 amide bonds. The Morgan fingerprint density at radius 1 is 1.02 bits per heavy atom. The number of aromatic nitrogens is 4. The minimum Gasteiger partial charge on any atom is -0.494 e. The van der Waals surface area contributed by atoms with E-state index in [0.717, 1.165) is 27.1 Å². The van der Waals surface area contributed by atoms with Gasteiger partial charge >= 0.3 is 0 Å². The van der Waals surface area contributed by atoms with Crippen LogP contribution in [-0.2, 0) is 29.2 Å². The number of aryl methyl sites for hydroxylation is 1. The molecule has 0 bridgehead atoms.